The van der Waals surface area contributed by atoms with Crippen LogP contribution in [0.3, 0.4) is 0 Å². The number of hydrogen-bond acceptors (Lipinski definition) is 4. The summed E-state index contributed by atoms with van der Waals surface area (Å²) in [6, 6.07) is 21.9. The summed E-state index contributed by atoms with van der Waals surface area (Å²) in [6.45, 7) is 9.56. The Balaban J connectivity index is 1.77. The van der Waals surface area contributed by atoms with Gasteiger partial charge in [-0.05, 0) is 36.4 Å². The van der Waals surface area contributed by atoms with Crippen LogP contribution in [0.15, 0.2) is 60.7 Å². The van der Waals surface area contributed by atoms with Gasteiger partial charge in [-0.3, -0.25) is 4.84 Å². The van der Waals surface area contributed by atoms with Gasteiger partial charge < -0.3 is 8.95 Å². The molecule has 0 N–H and O–H groups in total. The van der Waals surface area contributed by atoms with Gasteiger partial charge in [0.05, 0.1) is 18.8 Å². The molecule has 2 aliphatic heterocycles. The van der Waals surface area contributed by atoms with Crippen molar-refractivity contribution < 1.29 is 13.8 Å². The lowest BCUT2D eigenvalue weighted by molar-refractivity contribution is -0.318. The van der Waals surface area contributed by atoms with E-state index in [0.717, 1.165) is 6.42 Å². The van der Waals surface area contributed by atoms with E-state index in [1.165, 1.54) is 29.6 Å². The first-order valence-corrected chi connectivity index (χ1v) is 16.8. The first kappa shape index (κ1) is 21.9. The first-order chi connectivity index (χ1) is 14.5. The highest BCUT2D eigenvalue weighted by Gasteiger charge is 2.64. The minimum Gasteiger partial charge on any atom is -0.403 e. The van der Waals surface area contributed by atoms with Gasteiger partial charge in [0.15, 0.2) is 0 Å². The van der Waals surface area contributed by atoms with Crippen molar-refractivity contribution in [1.29, 1.82) is 0 Å². The molecule has 4 nitrogen and oxygen atoms in total. The molecular weight excluding hydrogens is 406 g/mol. The number of unbranched alkanes of at least 4 members (excludes halogenated alkanes) is 2. The Morgan fingerprint density at radius 3 is 2.10 bits per heavy atom. The van der Waals surface area contributed by atoms with Gasteiger partial charge in [-0.25, -0.2) is 0 Å². The molecule has 6 heteroatoms. The molecule has 0 saturated carbocycles. The summed E-state index contributed by atoms with van der Waals surface area (Å²) in [5.74, 6) is 0. The van der Waals surface area contributed by atoms with Crippen LogP contribution in [0, 0.1) is 0 Å². The van der Waals surface area contributed by atoms with Gasteiger partial charge >= 0.3 is 0 Å². The van der Waals surface area contributed by atoms with Crippen LogP contribution in [0.25, 0.3) is 0 Å². The van der Waals surface area contributed by atoms with Crippen molar-refractivity contribution in [2.45, 2.75) is 69.9 Å². The number of fused-ring (bicyclic) bond motifs is 1. The largest absolute Gasteiger partial charge is 0.403 e. The van der Waals surface area contributed by atoms with Crippen molar-refractivity contribution in [3.05, 3.63) is 60.7 Å². The van der Waals surface area contributed by atoms with Gasteiger partial charge in [0.1, 0.15) is 0 Å². The fourth-order valence-electron chi connectivity index (χ4n) is 4.92. The van der Waals surface area contributed by atoms with Crippen molar-refractivity contribution in [2.24, 2.45) is 0 Å². The van der Waals surface area contributed by atoms with Crippen molar-refractivity contribution >= 4 is 27.0 Å². The van der Waals surface area contributed by atoms with E-state index < -0.39 is 16.6 Å². The van der Waals surface area contributed by atoms with Crippen LogP contribution in [0.1, 0.15) is 32.6 Å². The molecule has 4 rings (SSSR count). The van der Waals surface area contributed by atoms with Gasteiger partial charge in [-0.1, -0.05) is 92.1 Å². The third-order valence-electron chi connectivity index (χ3n) is 6.14. The zero-order chi connectivity index (χ0) is 21.2. The summed E-state index contributed by atoms with van der Waals surface area (Å²) in [6.07, 6.45) is 4.81. The van der Waals surface area contributed by atoms with Gasteiger partial charge in [-0.15, -0.1) is 0 Å². The lowest BCUT2D eigenvalue weighted by Gasteiger charge is -2.32. The Hall–Kier alpha value is -1.29. The minimum absolute atomic E-state index is 0.132. The summed E-state index contributed by atoms with van der Waals surface area (Å²) >= 11 is 0. The lowest BCUT2D eigenvalue weighted by atomic mass is 10.0. The molecular formula is C24H35NO3Si2. The van der Waals surface area contributed by atoms with E-state index in [-0.39, 0.29) is 12.1 Å². The standard InChI is InChI=1S/C24H35NO3Si2/c1-5-6-9-18-22-24-23(19-26-25(24)28-29(2,3)4)30(27-22,20-14-10-7-11-15-20)21-16-12-8-13-17-21/h7-8,10-17,22-24H,5-6,9,18-19H2,1-4H3/t22-,23-,24-/m1/s1. The first-order valence-electron chi connectivity index (χ1n) is 11.4. The van der Waals surface area contributed by atoms with Crippen LogP contribution in [-0.2, 0) is 13.8 Å². The van der Waals surface area contributed by atoms with E-state index in [2.05, 4.69) is 87.2 Å². The maximum absolute atomic E-state index is 7.23. The maximum atomic E-state index is 7.23. The van der Waals surface area contributed by atoms with Crippen molar-refractivity contribution in [2.75, 3.05) is 6.61 Å². The Morgan fingerprint density at radius 1 is 0.967 bits per heavy atom. The average Bonchev–Trinajstić information content (AvgIpc) is 3.29. The lowest BCUT2D eigenvalue weighted by Crippen LogP contribution is -2.62. The Labute approximate surface area is 183 Å². The van der Waals surface area contributed by atoms with Gasteiger partial charge in [0, 0.05) is 5.54 Å². The zero-order valence-corrected chi connectivity index (χ0v) is 20.7. The molecule has 162 valence electrons. The number of hydrogen-bond donors (Lipinski definition) is 0. The highest BCUT2D eigenvalue weighted by Crippen LogP contribution is 2.46. The summed E-state index contributed by atoms with van der Waals surface area (Å²) in [4.78, 5) is 6.23. The molecule has 30 heavy (non-hydrogen) atoms. The van der Waals surface area contributed by atoms with E-state index in [0.29, 0.717) is 12.1 Å². The molecule has 0 unspecified atom stereocenters. The SMILES string of the molecule is CCCCC[C@H]1O[Si](c2ccccc2)(c2ccccc2)[C@@H]2CON(O[Si](C)(C)C)[C@@H]21. The number of rotatable bonds is 8. The summed E-state index contributed by atoms with van der Waals surface area (Å²) in [5.41, 5.74) is 0.310. The third kappa shape index (κ3) is 4.22. The third-order valence-corrected chi connectivity index (χ3v) is 11.5. The second-order valence-electron chi connectivity index (χ2n) is 9.50. The smallest absolute Gasteiger partial charge is 0.263 e. The predicted octanol–water partition coefficient (Wildman–Crippen LogP) is 4.48. The number of nitrogens with zero attached hydrogens (tertiary/aromatic N) is 1. The molecule has 0 amide bonds. The zero-order valence-electron chi connectivity index (χ0n) is 18.7. The van der Waals surface area contributed by atoms with Gasteiger partial charge in [0.25, 0.3) is 8.32 Å². The Bertz CT molecular complexity index is 773. The van der Waals surface area contributed by atoms with Gasteiger partial charge in [-0.2, -0.15) is 0 Å². The van der Waals surface area contributed by atoms with Crippen molar-refractivity contribution in [3.8, 4) is 0 Å². The molecule has 2 aromatic rings. The molecule has 2 heterocycles. The topological polar surface area (TPSA) is 30.9 Å². The van der Waals surface area contributed by atoms with E-state index >= 15 is 0 Å². The second kappa shape index (κ2) is 9.06. The van der Waals surface area contributed by atoms with E-state index in [1.807, 2.05) is 5.23 Å². The van der Waals surface area contributed by atoms with Crippen LogP contribution in [0.5, 0.6) is 0 Å². The molecule has 0 bridgehead atoms. The van der Waals surface area contributed by atoms with Crippen molar-refractivity contribution in [3.63, 3.8) is 0 Å². The molecule has 0 spiro atoms. The van der Waals surface area contributed by atoms with Gasteiger partial charge in [0.2, 0.25) is 8.32 Å². The highest BCUT2D eigenvalue weighted by molar-refractivity contribution is 6.99. The van der Waals surface area contributed by atoms with Crippen LogP contribution >= 0.6 is 0 Å². The van der Waals surface area contributed by atoms with Crippen LogP contribution in [0.2, 0.25) is 25.2 Å². The van der Waals surface area contributed by atoms with E-state index in [1.54, 1.807) is 0 Å². The molecule has 2 aliphatic rings. The summed E-state index contributed by atoms with van der Waals surface area (Å²) in [7, 11) is -4.28. The average molecular weight is 442 g/mol. The molecule has 0 aromatic heterocycles. The normalized spacial score (nSPS) is 26.1. The monoisotopic (exact) mass is 441 g/mol. The Morgan fingerprint density at radius 2 is 1.57 bits per heavy atom. The predicted molar refractivity (Wildman–Crippen MR) is 127 cm³/mol. The Kier molecular flexibility index (Phi) is 6.62. The minimum atomic E-state index is -2.49. The summed E-state index contributed by atoms with van der Waals surface area (Å²) in [5, 5.41) is 4.53. The molecule has 0 aliphatic carbocycles. The fraction of sp³-hybridized carbons (Fsp3) is 0.500. The highest BCUT2D eigenvalue weighted by atomic mass is 28.4. The second-order valence-corrected chi connectivity index (χ2v) is 17.5. The van der Waals surface area contributed by atoms with Crippen LogP contribution in [0.4, 0.5) is 0 Å². The molecule has 2 fully saturated rings. The maximum Gasteiger partial charge on any atom is 0.263 e. The number of benzene rings is 2. The van der Waals surface area contributed by atoms with Crippen molar-refractivity contribution in [1.82, 2.24) is 5.23 Å². The van der Waals surface area contributed by atoms with Crippen LogP contribution < -0.4 is 10.4 Å². The summed E-state index contributed by atoms with van der Waals surface area (Å²) < 4.78 is 13.6. The fourth-order valence-corrected chi connectivity index (χ4v) is 10.5. The van der Waals surface area contributed by atoms with E-state index in [9.17, 15) is 0 Å². The molecule has 0 radical (unpaired) electrons. The molecule has 2 saturated heterocycles. The van der Waals surface area contributed by atoms with E-state index in [4.69, 9.17) is 13.8 Å². The van der Waals surface area contributed by atoms with Crippen LogP contribution in [-0.4, -0.2) is 40.6 Å². The quantitative estimate of drug-likeness (QED) is 0.446. The number of hydroxylamine groups is 2. The molecule has 2 aromatic carbocycles. The molecule has 3 atom stereocenters.